The molecule has 0 saturated carbocycles. The number of ether oxygens (including phenoxy) is 1. The van der Waals surface area contributed by atoms with Gasteiger partial charge >= 0.3 is 0 Å². The number of nitrogens with zero attached hydrogens (tertiary/aromatic N) is 1. The van der Waals surface area contributed by atoms with Gasteiger partial charge in [0.2, 0.25) is 0 Å². The molecule has 0 N–H and O–H groups in total. The fourth-order valence-electron chi connectivity index (χ4n) is 1.99. The Morgan fingerprint density at radius 2 is 2.06 bits per heavy atom. The first-order valence-corrected chi connectivity index (χ1v) is 6.91. The molecule has 0 aromatic heterocycles. The number of anilines is 1. The van der Waals surface area contributed by atoms with Crippen molar-refractivity contribution >= 4 is 33.3 Å². The van der Waals surface area contributed by atoms with Crippen LogP contribution in [0.1, 0.15) is 23.2 Å². The maximum Gasteiger partial charge on any atom is 0.299 e. The standard InChI is InChI=1S/C13H14BrNO3/c1-18-9-4-5-11-10(8-9)12(16)13(17)15(11)7-3-2-6-14/h4-5,8H,2-3,6-7H2,1H3. The Hall–Kier alpha value is -1.36. The molecule has 0 atom stereocenters. The summed E-state index contributed by atoms with van der Waals surface area (Å²) in [6.45, 7) is 0.579. The van der Waals surface area contributed by atoms with E-state index in [1.54, 1.807) is 23.1 Å². The summed E-state index contributed by atoms with van der Waals surface area (Å²) in [5, 5.41) is 0.901. The molecule has 1 heterocycles. The molecule has 1 aliphatic heterocycles. The molecule has 0 radical (unpaired) electrons. The summed E-state index contributed by atoms with van der Waals surface area (Å²) in [6.07, 6.45) is 1.85. The fourth-order valence-corrected chi connectivity index (χ4v) is 2.39. The van der Waals surface area contributed by atoms with Gasteiger partial charge in [0.15, 0.2) is 0 Å². The van der Waals surface area contributed by atoms with Gasteiger partial charge in [-0.25, -0.2) is 0 Å². The molecule has 0 unspecified atom stereocenters. The second-order valence-electron chi connectivity index (χ2n) is 4.07. The number of halogens is 1. The highest BCUT2D eigenvalue weighted by atomic mass is 79.9. The first-order valence-electron chi connectivity index (χ1n) is 5.79. The van der Waals surface area contributed by atoms with Gasteiger partial charge in [-0.3, -0.25) is 9.59 Å². The van der Waals surface area contributed by atoms with E-state index < -0.39 is 11.7 Å². The highest BCUT2D eigenvalue weighted by Gasteiger charge is 2.35. The van der Waals surface area contributed by atoms with Crippen molar-refractivity contribution in [2.24, 2.45) is 0 Å². The Bertz CT molecular complexity index is 487. The van der Waals surface area contributed by atoms with Crippen molar-refractivity contribution < 1.29 is 14.3 Å². The maximum atomic E-state index is 11.9. The van der Waals surface area contributed by atoms with E-state index >= 15 is 0 Å². The van der Waals surface area contributed by atoms with Crippen molar-refractivity contribution in [1.29, 1.82) is 0 Å². The molecule has 1 aromatic carbocycles. The summed E-state index contributed by atoms with van der Waals surface area (Å²) in [5.41, 5.74) is 1.14. The summed E-state index contributed by atoms with van der Waals surface area (Å²) >= 11 is 3.35. The zero-order chi connectivity index (χ0) is 13.1. The number of carbonyl (C=O) groups is 2. The largest absolute Gasteiger partial charge is 0.497 e. The Morgan fingerprint density at radius 3 is 2.72 bits per heavy atom. The molecular formula is C13H14BrNO3. The van der Waals surface area contributed by atoms with Crippen LogP contribution in [0.3, 0.4) is 0 Å². The third kappa shape index (κ3) is 2.27. The van der Waals surface area contributed by atoms with E-state index in [1.807, 2.05) is 0 Å². The van der Waals surface area contributed by atoms with E-state index in [1.165, 1.54) is 7.11 Å². The van der Waals surface area contributed by atoms with Gasteiger partial charge in [0.1, 0.15) is 5.75 Å². The lowest BCUT2D eigenvalue weighted by molar-refractivity contribution is -0.114. The number of benzene rings is 1. The van der Waals surface area contributed by atoms with Gasteiger partial charge in [-0.15, -0.1) is 0 Å². The van der Waals surface area contributed by atoms with Crippen molar-refractivity contribution in [3.8, 4) is 5.75 Å². The van der Waals surface area contributed by atoms with E-state index in [0.717, 1.165) is 18.2 Å². The lowest BCUT2D eigenvalue weighted by atomic mass is 10.1. The molecule has 0 fully saturated rings. The molecule has 2 rings (SSSR count). The third-order valence-corrected chi connectivity index (χ3v) is 3.50. The molecular weight excluding hydrogens is 298 g/mol. The highest BCUT2D eigenvalue weighted by Crippen LogP contribution is 2.32. The van der Waals surface area contributed by atoms with Crippen LogP contribution in [0.4, 0.5) is 5.69 Å². The fraction of sp³-hybridized carbons (Fsp3) is 0.385. The lowest BCUT2D eigenvalue weighted by Crippen LogP contribution is -2.30. The van der Waals surface area contributed by atoms with Gasteiger partial charge in [0.05, 0.1) is 18.4 Å². The molecule has 1 aromatic rings. The second-order valence-corrected chi connectivity index (χ2v) is 4.86. The van der Waals surface area contributed by atoms with E-state index in [4.69, 9.17) is 4.74 Å². The molecule has 5 heteroatoms. The normalized spacial score (nSPS) is 14.0. The van der Waals surface area contributed by atoms with Gasteiger partial charge < -0.3 is 9.64 Å². The lowest BCUT2D eigenvalue weighted by Gasteiger charge is -2.16. The topological polar surface area (TPSA) is 46.6 Å². The molecule has 0 saturated heterocycles. The minimum Gasteiger partial charge on any atom is -0.497 e. The summed E-state index contributed by atoms with van der Waals surface area (Å²) in [7, 11) is 1.54. The number of unbranched alkanes of at least 4 members (excludes halogenated alkanes) is 1. The first-order chi connectivity index (χ1) is 8.69. The van der Waals surface area contributed by atoms with E-state index in [-0.39, 0.29) is 0 Å². The number of methoxy groups -OCH3 is 1. The minimum absolute atomic E-state index is 0.437. The molecule has 4 nitrogen and oxygen atoms in total. The van der Waals surface area contributed by atoms with Crippen LogP contribution in [0, 0.1) is 0 Å². The number of hydrogen-bond donors (Lipinski definition) is 0. The molecule has 0 aliphatic carbocycles. The molecule has 18 heavy (non-hydrogen) atoms. The summed E-state index contributed by atoms with van der Waals surface area (Å²) in [5.74, 6) is -0.284. The third-order valence-electron chi connectivity index (χ3n) is 2.94. The Morgan fingerprint density at radius 1 is 1.28 bits per heavy atom. The number of amides is 1. The number of ketones is 1. The highest BCUT2D eigenvalue weighted by molar-refractivity contribution is 9.09. The van der Waals surface area contributed by atoms with Gasteiger partial charge in [0.25, 0.3) is 11.7 Å². The van der Waals surface area contributed by atoms with Crippen molar-refractivity contribution in [2.45, 2.75) is 12.8 Å². The second kappa shape index (κ2) is 5.52. The van der Waals surface area contributed by atoms with Crippen LogP contribution in [-0.4, -0.2) is 30.7 Å². The van der Waals surface area contributed by atoms with Crippen LogP contribution < -0.4 is 9.64 Å². The van der Waals surface area contributed by atoms with Gasteiger partial charge in [-0.05, 0) is 31.0 Å². The summed E-state index contributed by atoms with van der Waals surface area (Å²) < 4.78 is 5.07. The maximum absolute atomic E-state index is 11.9. The van der Waals surface area contributed by atoms with Crippen LogP contribution in [0.25, 0.3) is 0 Å². The van der Waals surface area contributed by atoms with E-state index in [2.05, 4.69) is 15.9 Å². The SMILES string of the molecule is COc1ccc2c(c1)C(=O)C(=O)N2CCCCBr. The van der Waals surface area contributed by atoms with Crippen molar-refractivity contribution in [1.82, 2.24) is 0 Å². The number of carbonyl (C=O) groups excluding carboxylic acids is 2. The van der Waals surface area contributed by atoms with Crippen LogP contribution in [-0.2, 0) is 4.79 Å². The predicted molar refractivity (Wildman–Crippen MR) is 72.7 cm³/mol. The van der Waals surface area contributed by atoms with E-state index in [9.17, 15) is 9.59 Å². The van der Waals surface area contributed by atoms with Gasteiger partial charge in [-0.2, -0.15) is 0 Å². The monoisotopic (exact) mass is 311 g/mol. The van der Waals surface area contributed by atoms with Crippen LogP contribution >= 0.6 is 15.9 Å². The van der Waals surface area contributed by atoms with E-state index in [0.29, 0.717) is 23.5 Å². The Balaban J connectivity index is 2.26. The molecule has 1 aliphatic rings. The molecule has 96 valence electrons. The molecule has 0 spiro atoms. The Kier molecular flexibility index (Phi) is 4.01. The summed E-state index contributed by atoms with van der Waals surface area (Å²) in [4.78, 5) is 25.3. The van der Waals surface area contributed by atoms with Crippen LogP contribution in [0.5, 0.6) is 5.75 Å². The zero-order valence-corrected chi connectivity index (χ0v) is 11.7. The quantitative estimate of drug-likeness (QED) is 0.476. The molecule has 1 amide bonds. The number of hydrogen-bond acceptors (Lipinski definition) is 3. The van der Waals surface area contributed by atoms with Crippen molar-refractivity contribution in [3.05, 3.63) is 23.8 Å². The average Bonchev–Trinajstić information content (AvgIpc) is 2.63. The number of fused-ring (bicyclic) bond motifs is 1. The van der Waals surface area contributed by atoms with Gasteiger partial charge in [-0.1, -0.05) is 15.9 Å². The first kappa shape index (κ1) is 13.1. The van der Waals surface area contributed by atoms with Crippen molar-refractivity contribution in [3.63, 3.8) is 0 Å². The Labute approximate surface area is 114 Å². The van der Waals surface area contributed by atoms with Crippen molar-refractivity contribution in [2.75, 3.05) is 23.9 Å². The zero-order valence-electron chi connectivity index (χ0n) is 10.1. The number of rotatable bonds is 5. The van der Waals surface area contributed by atoms with Gasteiger partial charge in [0, 0.05) is 11.9 Å². The minimum atomic E-state index is -0.442. The van der Waals surface area contributed by atoms with Crippen LogP contribution in [0.15, 0.2) is 18.2 Å². The average molecular weight is 312 g/mol. The molecule has 0 bridgehead atoms. The predicted octanol–water partition coefficient (Wildman–Crippen LogP) is 2.40. The summed E-state index contributed by atoms with van der Waals surface area (Å²) in [6, 6.07) is 5.16. The van der Waals surface area contributed by atoms with Crippen LogP contribution in [0.2, 0.25) is 0 Å². The number of Topliss-reactive ketones (excluding diaryl/α,β-unsaturated/α-hetero) is 1. The number of alkyl halides is 1. The smallest absolute Gasteiger partial charge is 0.299 e.